The van der Waals surface area contributed by atoms with Crippen LogP contribution < -0.4 is 5.32 Å². The summed E-state index contributed by atoms with van der Waals surface area (Å²) in [6.45, 7) is 8.63. The summed E-state index contributed by atoms with van der Waals surface area (Å²) in [5.74, 6) is -0.906. The lowest BCUT2D eigenvalue weighted by molar-refractivity contribution is -0.121. The summed E-state index contributed by atoms with van der Waals surface area (Å²) >= 11 is 0. The lowest BCUT2D eigenvalue weighted by Gasteiger charge is -2.33. The van der Waals surface area contributed by atoms with Gasteiger partial charge in [-0.1, -0.05) is 13.0 Å². The molecule has 2 amide bonds. The van der Waals surface area contributed by atoms with Crippen LogP contribution in [0, 0.1) is 5.92 Å². The molecule has 1 aliphatic heterocycles. The Morgan fingerprint density at radius 2 is 2.00 bits per heavy atom. The minimum absolute atomic E-state index is 0.174. The molecule has 1 aliphatic rings. The normalized spacial score (nSPS) is 17.0. The van der Waals surface area contributed by atoms with Crippen LogP contribution in [0.25, 0.3) is 0 Å². The highest BCUT2D eigenvalue weighted by Crippen LogP contribution is 2.21. The van der Waals surface area contributed by atoms with Gasteiger partial charge in [0.15, 0.2) is 0 Å². The van der Waals surface area contributed by atoms with Gasteiger partial charge < -0.3 is 19.7 Å². The van der Waals surface area contributed by atoms with E-state index in [4.69, 9.17) is 9.47 Å². The molecule has 0 radical (unpaired) electrons. The molecule has 28 heavy (non-hydrogen) atoms. The van der Waals surface area contributed by atoms with E-state index in [-0.39, 0.29) is 11.8 Å². The number of anilines is 1. The monoisotopic (exact) mass is 390 g/mol. The number of carbonyl (C=O) groups excluding carboxylic acids is 3. The Morgan fingerprint density at radius 3 is 2.68 bits per heavy atom. The van der Waals surface area contributed by atoms with E-state index in [1.807, 2.05) is 27.7 Å². The van der Waals surface area contributed by atoms with Gasteiger partial charge in [0.25, 0.3) is 0 Å². The van der Waals surface area contributed by atoms with Crippen molar-refractivity contribution in [1.82, 2.24) is 4.90 Å². The Hall–Kier alpha value is -2.57. The third kappa shape index (κ3) is 6.55. The zero-order chi connectivity index (χ0) is 20.7. The van der Waals surface area contributed by atoms with Crippen LogP contribution >= 0.6 is 0 Å². The van der Waals surface area contributed by atoms with Crippen molar-refractivity contribution in [3.8, 4) is 0 Å². The summed E-state index contributed by atoms with van der Waals surface area (Å²) in [7, 11) is 0. The number of nitrogens with zero attached hydrogens (tertiary/aromatic N) is 1. The van der Waals surface area contributed by atoms with Crippen molar-refractivity contribution in [2.24, 2.45) is 5.92 Å². The van der Waals surface area contributed by atoms with Crippen LogP contribution in [0.5, 0.6) is 0 Å². The number of ether oxygens (including phenoxy) is 2. The largest absolute Gasteiger partial charge is 0.462 e. The van der Waals surface area contributed by atoms with E-state index in [1.165, 1.54) is 0 Å². The van der Waals surface area contributed by atoms with Crippen molar-refractivity contribution >= 4 is 23.7 Å². The van der Waals surface area contributed by atoms with Gasteiger partial charge in [0, 0.05) is 18.8 Å². The highest BCUT2D eigenvalue weighted by molar-refractivity contribution is 5.95. The molecular formula is C21H30N2O5. The van der Waals surface area contributed by atoms with Crippen LogP contribution in [0.4, 0.5) is 10.5 Å². The molecule has 1 atom stereocenters. The minimum atomic E-state index is -0.570. The Kier molecular flexibility index (Phi) is 7.43. The maximum absolute atomic E-state index is 12.7. The molecule has 2 rings (SSSR count). The smallest absolute Gasteiger partial charge is 0.410 e. The Balaban J connectivity index is 1.97. The van der Waals surface area contributed by atoms with Crippen molar-refractivity contribution in [1.29, 1.82) is 0 Å². The fourth-order valence-electron chi connectivity index (χ4n) is 2.93. The molecular weight excluding hydrogens is 360 g/mol. The van der Waals surface area contributed by atoms with Crippen molar-refractivity contribution < 1.29 is 23.9 Å². The second-order valence-corrected chi connectivity index (χ2v) is 7.97. The molecule has 0 aromatic heterocycles. The number of hydrogen-bond donors (Lipinski definition) is 1. The van der Waals surface area contributed by atoms with Gasteiger partial charge in [-0.2, -0.15) is 0 Å². The maximum atomic E-state index is 12.7. The predicted molar refractivity (Wildman–Crippen MR) is 106 cm³/mol. The lowest BCUT2D eigenvalue weighted by Crippen LogP contribution is -2.45. The van der Waals surface area contributed by atoms with E-state index in [0.29, 0.717) is 37.4 Å². The molecule has 0 saturated carbocycles. The summed E-state index contributed by atoms with van der Waals surface area (Å²) in [6.07, 6.45) is 1.79. The molecule has 154 valence electrons. The average molecular weight is 390 g/mol. The van der Waals surface area contributed by atoms with E-state index in [2.05, 4.69) is 5.32 Å². The molecule has 0 bridgehead atoms. The number of carbonyl (C=O) groups is 3. The number of amides is 2. The Morgan fingerprint density at radius 1 is 1.25 bits per heavy atom. The maximum Gasteiger partial charge on any atom is 0.410 e. The zero-order valence-corrected chi connectivity index (χ0v) is 17.1. The quantitative estimate of drug-likeness (QED) is 0.772. The summed E-state index contributed by atoms with van der Waals surface area (Å²) in [5.41, 5.74) is 0.356. The molecule has 7 heteroatoms. The molecule has 1 unspecified atom stereocenters. The summed E-state index contributed by atoms with van der Waals surface area (Å²) < 4.78 is 10.5. The first-order valence-corrected chi connectivity index (χ1v) is 9.75. The van der Waals surface area contributed by atoms with Gasteiger partial charge in [0.2, 0.25) is 5.91 Å². The van der Waals surface area contributed by atoms with E-state index >= 15 is 0 Å². The third-order valence-corrected chi connectivity index (χ3v) is 4.25. The number of nitrogens with one attached hydrogen (secondary N) is 1. The van der Waals surface area contributed by atoms with Crippen molar-refractivity contribution in [2.75, 3.05) is 25.0 Å². The van der Waals surface area contributed by atoms with Crippen molar-refractivity contribution in [3.63, 3.8) is 0 Å². The molecule has 7 nitrogen and oxygen atoms in total. The zero-order valence-electron chi connectivity index (χ0n) is 17.1. The van der Waals surface area contributed by atoms with Gasteiger partial charge in [-0.25, -0.2) is 9.59 Å². The Labute approximate surface area is 166 Å². The Bertz CT molecular complexity index is 711. The first kappa shape index (κ1) is 21.7. The first-order valence-electron chi connectivity index (χ1n) is 9.75. The highest BCUT2D eigenvalue weighted by atomic mass is 16.6. The van der Waals surface area contributed by atoms with Gasteiger partial charge in [0.05, 0.1) is 18.1 Å². The number of rotatable bonds is 5. The van der Waals surface area contributed by atoms with E-state index in [0.717, 1.165) is 12.8 Å². The van der Waals surface area contributed by atoms with Crippen molar-refractivity contribution in [2.45, 2.75) is 52.6 Å². The fraction of sp³-hybridized carbons (Fsp3) is 0.571. The second kappa shape index (κ2) is 9.57. The molecule has 1 fully saturated rings. The van der Waals surface area contributed by atoms with Crippen molar-refractivity contribution in [3.05, 3.63) is 29.8 Å². The van der Waals surface area contributed by atoms with E-state index < -0.39 is 17.7 Å². The number of likely N-dealkylation sites (tertiary alicyclic amines) is 1. The molecule has 0 spiro atoms. The number of piperidine rings is 1. The fourth-order valence-corrected chi connectivity index (χ4v) is 2.93. The van der Waals surface area contributed by atoms with E-state index in [9.17, 15) is 14.4 Å². The first-order chi connectivity index (χ1) is 13.2. The van der Waals surface area contributed by atoms with Gasteiger partial charge in [-0.3, -0.25) is 4.79 Å². The molecule has 1 N–H and O–H groups in total. The molecule has 1 aromatic carbocycles. The molecule has 1 heterocycles. The second-order valence-electron chi connectivity index (χ2n) is 7.97. The molecule has 1 aromatic rings. The molecule has 0 aliphatic carbocycles. The lowest BCUT2D eigenvalue weighted by atomic mass is 9.97. The van der Waals surface area contributed by atoms with Gasteiger partial charge in [-0.05, 0) is 58.2 Å². The van der Waals surface area contributed by atoms with Crippen LogP contribution in [0.3, 0.4) is 0 Å². The SMILES string of the molecule is CCCOC(=O)c1cccc(NC(=O)C2CCCN(C(=O)OC(C)(C)C)C2)c1. The van der Waals surface area contributed by atoms with Gasteiger partial charge in [0.1, 0.15) is 5.60 Å². The van der Waals surface area contributed by atoms with Crippen LogP contribution in [0.1, 0.15) is 57.3 Å². The minimum Gasteiger partial charge on any atom is -0.462 e. The standard InChI is InChI=1S/C21H30N2O5/c1-5-12-27-19(25)15-8-6-10-17(13-15)22-18(24)16-9-7-11-23(14-16)20(26)28-21(2,3)4/h6,8,10,13,16H,5,7,9,11-12,14H2,1-4H3,(H,22,24). The topological polar surface area (TPSA) is 84.9 Å². The predicted octanol–water partition coefficient (Wildman–Crippen LogP) is 3.84. The number of hydrogen-bond acceptors (Lipinski definition) is 5. The average Bonchev–Trinajstić information content (AvgIpc) is 2.65. The molecule has 1 saturated heterocycles. The van der Waals surface area contributed by atoms with Crippen LogP contribution in [0.15, 0.2) is 24.3 Å². The summed E-state index contributed by atoms with van der Waals surface area (Å²) in [6, 6.07) is 6.68. The van der Waals surface area contributed by atoms with Crippen LogP contribution in [-0.4, -0.2) is 48.2 Å². The summed E-state index contributed by atoms with van der Waals surface area (Å²) in [5, 5.41) is 2.85. The van der Waals surface area contributed by atoms with Crippen LogP contribution in [-0.2, 0) is 14.3 Å². The van der Waals surface area contributed by atoms with Crippen LogP contribution in [0.2, 0.25) is 0 Å². The van der Waals surface area contributed by atoms with Gasteiger partial charge >= 0.3 is 12.1 Å². The van der Waals surface area contributed by atoms with E-state index in [1.54, 1.807) is 29.2 Å². The third-order valence-electron chi connectivity index (χ3n) is 4.25. The number of esters is 1. The summed E-state index contributed by atoms with van der Waals surface area (Å²) in [4.78, 5) is 38.5. The number of benzene rings is 1. The van der Waals surface area contributed by atoms with Gasteiger partial charge in [-0.15, -0.1) is 0 Å². The highest BCUT2D eigenvalue weighted by Gasteiger charge is 2.31.